The lowest BCUT2D eigenvalue weighted by Gasteiger charge is -2.33. The molecule has 2 aromatic carbocycles. The molecule has 4 heteroatoms. The topological polar surface area (TPSA) is 41.6 Å². The summed E-state index contributed by atoms with van der Waals surface area (Å²) in [5.74, 6) is 1.34. The van der Waals surface area contributed by atoms with Gasteiger partial charge in [-0.05, 0) is 80.8 Å². The summed E-state index contributed by atoms with van der Waals surface area (Å²) in [7, 11) is 1.69. The number of benzene rings is 2. The molecule has 1 aliphatic heterocycles. The molecule has 1 N–H and O–H groups in total. The van der Waals surface area contributed by atoms with Crippen molar-refractivity contribution >= 4 is 5.91 Å². The summed E-state index contributed by atoms with van der Waals surface area (Å²) in [5.41, 5.74) is 5.54. The number of carbonyl (C=O) groups is 1. The second kappa shape index (κ2) is 8.81. The monoisotopic (exact) mass is 406 g/mol. The zero-order chi connectivity index (χ0) is 21.1. The number of rotatable bonds is 7. The zero-order valence-electron chi connectivity index (χ0n) is 18.5. The van der Waals surface area contributed by atoms with Crippen LogP contribution >= 0.6 is 0 Å². The molecular weight excluding hydrogens is 372 g/mol. The lowest BCUT2D eigenvalue weighted by atomic mass is 9.90. The Bertz CT molecular complexity index is 900. The highest BCUT2D eigenvalue weighted by Crippen LogP contribution is 2.59. The van der Waals surface area contributed by atoms with Gasteiger partial charge in [0.25, 0.3) is 0 Å². The van der Waals surface area contributed by atoms with Gasteiger partial charge in [0.05, 0.1) is 7.11 Å². The number of nitrogens with zero attached hydrogens (tertiary/aromatic N) is 1. The number of para-hydroxylation sites is 1. The smallest absolute Gasteiger partial charge is 0.223 e. The highest BCUT2D eigenvalue weighted by atomic mass is 16.5. The molecule has 1 atom stereocenters. The van der Waals surface area contributed by atoms with Gasteiger partial charge in [0, 0.05) is 19.0 Å². The van der Waals surface area contributed by atoms with Crippen LogP contribution in [0.1, 0.15) is 41.5 Å². The Kier molecular flexibility index (Phi) is 6.14. The minimum Gasteiger partial charge on any atom is -0.496 e. The molecule has 160 valence electrons. The molecular formula is C26H34N2O2. The van der Waals surface area contributed by atoms with Crippen LogP contribution in [-0.2, 0) is 17.8 Å². The van der Waals surface area contributed by atoms with E-state index in [0.717, 1.165) is 56.6 Å². The second-order valence-electron chi connectivity index (χ2n) is 9.18. The largest absolute Gasteiger partial charge is 0.496 e. The van der Waals surface area contributed by atoms with E-state index < -0.39 is 0 Å². The highest BCUT2D eigenvalue weighted by molar-refractivity contribution is 5.82. The van der Waals surface area contributed by atoms with Gasteiger partial charge in [-0.15, -0.1) is 0 Å². The van der Waals surface area contributed by atoms with E-state index in [1.165, 1.54) is 16.7 Å². The number of likely N-dealkylation sites (tertiary alicyclic amines) is 1. The van der Waals surface area contributed by atoms with E-state index in [4.69, 9.17) is 4.74 Å². The molecule has 1 amide bonds. The number of carbonyl (C=O) groups excluding carboxylic acids is 1. The minimum absolute atomic E-state index is 0.207. The lowest BCUT2D eigenvalue weighted by molar-refractivity contribution is -0.123. The van der Waals surface area contributed by atoms with Crippen LogP contribution in [0.15, 0.2) is 42.5 Å². The number of amides is 1. The first-order valence-corrected chi connectivity index (χ1v) is 11.2. The van der Waals surface area contributed by atoms with Crippen molar-refractivity contribution in [1.29, 1.82) is 0 Å². The van der Waals surface area contributed by atoms with Crippen molar-refractivity contribution in [2.45, 2.75) is 46.1 Å². The summed E-state index contributed by atoms with van der Waals surface area (Å²) >= 11 is 0. The number of methoxy groups -OCH3 is 1. The van der Waals surface area contributed by atoms with Gasteiger partial charge in [-0.3, -0.25) is 9.69 Å². The summed E-state index contributed by atoms with van der Waals surface area (Å²) in [6, 6.07) is 14.7. The molecule has 1 spiro atoms. The van der Waals surface area contributed by atoms with Crippen LogP contribution in [0.5, 0.6) is 5.75 Å². The van der Waals surface area contributed by atoms with Gasteiger partial charge in [-0.2, -0.15) is 0 Å². The van der Waals surface area contributed by atoms with Crippen LogP contribution in [0, 0.1) is 25.2 Å². The van der Waals surface area contributed by atoms with Crippen molar-refractivity contribution < 1.29 is 9.53 Å². The normalized spacial score (nSPS) is 20.2. The quantitative estimate of drug-likeness (QED) is 0.746. The maximum Gasteiger partial charge on any atom is 0.223 e. The average molecular weight is 407 g/mol. The van der Waals surface area contributed by atoms with Crippen LogP contribution in [-0.4, -0.2) is 37.6 Å². The van der Waals surface area contributed by atoms with Crippen LogP contribution < -0.4 is 10.1 Å². The number of hydrogen-bond acceptors (Lipinski definition) is 3. The van der Waals surface area contributed by atoms with Crippen molar-refractivity contribution in [3.8, 4) is 5.75 Å². The SMILES string of the molecule is COc1ccccc1CCNC(=O)C1CC12CCN(Cc1cc(C)ccc1C)CC2. The van der Waals surface area contributed by atoms with Crippen molar-refractivity contribution in [3.63, 3.8) is 0 Å². The number of ether oxygens (including phenoxy) is 1. The summed E-state index contributed by atoms with van der Waals surface area (Å²) in [4.78, 5) is 15.3. The zero-order valence-corrected chi connectivity index (χ0v) is 18.5. The molecule has 1 heterocycles. The molecule has 2 aliphatic rings. The first-order chi connectivity index (χ1) is 14.5. The maximum atomic E-state index is 12.7. The molecule has 1 unspecified atom stereocenters. The highest BCUT2D eigenvalue weighted by Gasteiger charge is 2.58. The van der Waals surface area contributed by atoms with Crippen LogP contribution in [0.25, 0.3) is 0 Å². The van der Waals surface area contributed by atoms with E-state index in [9.17, 15) is 4.79 Å². The third-order valence-corrected chi connectivity index (χ3v) is 7.14. The van der Waals surface area contributed by atoms with Gasteiger partial charge < -0.3 is 10.1 Å². The van der Waals surface area contributed by atoms with E-state index in [-0.39, 0.29) is 17.2 Å². The Labute approximate surface area is 180 Å². The van der Waals surface area contributed by atoms with E-state index >= 15 is 0 Å². The standard InChI is InChI=1S/C26H34N2O2/c1-19-8-9-20(2)22(16-19)18-28-14-11-26(12-15-28)17-23(26)25(29)27-13-10-21-6-4-5-7-24(21)30-3/h4-9,16,23H,10-15,17-18H2,1-3H3,(H,27,29). The molecule has 0 bridgehead atoms. The Balaban J connectivity index is 1.23. The molecule has 0 aromatic heterocycles. The summed E-state index contributed by atoms with van der Waals surface area (Å²) < 4.78 is 5.40. The first-order valence-electron chi connectivity index (χ1n) is 11.2. The van der Waals surface area contributed by atoms with E-state index in [1.54, 1.807) is 7.11 Å². The fourth-order valence-corrected chi connectivity index (χ4v) is 4.99. The Hall–Kier alpha value is -2.33. The second-order valence-corrected chi connectivity index (χ2v) is 9.18. The van der Waals surface area contributed by atoms with E-state index in [1.807, 2.05) is 18.2 Å². The van der Waals surface area contributed by atoms with Crippen molar-refractivity contribution in [1.82, 2.24) is 10.2 Å². The third kappa shape index (κ3) is 4.54. The molecule has 4 rings (SSSR count). The molecule has 1 saturated heterocycles. The summed E-state index contributed by atoms with van der Waals surface area (Å²) in [5, 5.41) is 3.17. The molecule has 1 saturated carbocycles. The average Bonchev–Trinajstić information content (AvgIpc) is 3.46. The van der Waals surface area contributed by atoms with Crippen molar-refractivity contribution in [3.05, 3.63) is 64.7 Å². The van der Waals surface area contributed by atoms with Crippen LogP contribution in [0.2, 0.25) is 0 Å². The van der Waals surface area contributed by atoms with Crippen molar-refractivity contribution in [2.24, 2.45) is 11.3 Å². The predicted molar refractivity (Wildman–Crippen MR) is 121 cm³/mol. The lowest BCUT2D eigenvalue weighted by Crippen LogP contribution is -2.37. The Morgan fingerprint density at radius 3 is 2.67 bits per heavy atom. The van der Waals surface area contributed by atoms with Gasteiger partial charge in [-0.1, -0.05) is 42.0 Å². The molecule has 30 heavy (non-hydrogen) atoms. The fourth-order valence-electron chi connectivity index (χ4n) is 4.99. The molecule has 2 aromatic rings. The van der Waals surface area contributed by atoms with E-state index in [2.05, 4.69) is 48.3 Å². The minimum atomic E-state index is 0.207. The number of hydrogen-bond donors (Lipinski definition) is 1. The predicted octanol–water partition coefficient (Wildman–Crippen LogP) is 4.27. The van der Waals surface area contributed by atoms with E-state index in [0.29, 0.717) is 6.54 Å². The Morgan fingerprint density at radius 1 is 1.13 bits per heavy atom. The number of nitrogens with one attached hydrogen (secondary N) is 1. The van der Waals surface area contributed by atoms with Crippen LogP contribution in [0.4, 0.5) is 0 Å². The van der Waals surface area contributed by atoms with Gasteiger partial charge >= 0.3 is 0 Å². The number of piperidine rings is 1. The van der Waals surface area contributed by atoms with Gasteiger partial charge in [-0.25, -0.2) is 0 Å². The van der Waals surface area contributed by atoms with Crippen LogP contribution in [0.3, 0.4) is 0 Å². The molecule has 2 fully saturated rings. The summed E-state index contributed by atoms with van der Waals surface area (Å²) in [6.45, 7) is 8.25. The fraction of sp³-hybridized carbons (Fsp3) is 0.500. The molecule has 4 nitrogen and oxygen atoms in total. The Morgan fingerprint density at radius 2 is 1.90 bits per heavy atom. The maximum absolute atomic E-state index is 12.7. The third-order valence-electron chi connectivity index (χ3n) is 7.14. The molecule has 1 aliphatic carbocycles. The van der Waals surface area contributed by atoms with Gasteiger partial charge in [0.1, 0.15) is 5.75 Å². The molecule has 0 radical (unpaired) electrons. The van der Waals surface area contributed by atoms with Gasteiger partial charge in [0.15, 0.2) is 0 Å². The van der Waals surface area contributed by atoms with Gasteiger partial charge in [0.2, 0.25) is 5.91 Å². The first kappa shape index (κ1) is 20.9. The number of aryl methyl sites for hydroxylation is 2. The van der Waals surface area contributed by atoms with Crippen molar-refractivity contribution in [2.75, 3.05) is 26.7 Å². The summed E-state index contributed by atoms with van der Waals surface area (Å²) in [6.07, 6.45) is 4.15.